The fraction of sp³-hybridized carbons (Fsp3) is 0. The number of benzene rings is 2. The topological polar surface area (TPSA) is 70.0 Å². The number of nitriles is 1. The van der Waals surface area contributed by atoms with Gasteiger partial charge >= 0.3 is 0 Å². The molecule has 2 aromatic rings. The molecule has 0 aromatic heterocycles. The van der Waals surface area contributed by atoms with E-state index in [4.69, 9.17) is 28.5 Å². The molecule has 0 bridgehead atoms. The summed E-state index contributed by atoms with van der Waals surface area (Å²) < 4.78 is 27.4. The van der Waals surface area contributed by atoms with Crippen LogP contribution in [-0.4, -0.2) is 8.42 Å². The van der Waals surface area contributed by atoms with Crippen LogP contribution in [0.4, 0.5) is 5.69 Å². The summed E-state index contributed by atoms with van der Waals surface area (Å²) in [6.45, 7) is 0. The van der Waals surface area contributed by atoms with Gasteiger partial charge in [0.1, 0.15) is 0 Å². The standard InChI is InChI=1S/C13H7BrCl2N2O2S/c14-10-5-6-11(13(16)12(10)15)18-21(19,20)9-3-1-8(7-17)2-4-9/h1-6,18H. The Morgan fingerprint density at radius 3 is 2.24 bits per heavy atom. The summed E-state index contributed by atoms with van der Waals surface area (Å²) >= 11 is 15.2. The van der Waals surface area contributed by atoms with Crippen molar-refractivity contribution >= 4 is 54.8 Å². The summed E-state index contributed by atoms with van der Waals surface area (Å²) in [5.74, 6) is 0. The average Bonchev–Trinajstić information content (AvgIpc) is 2.48. The second-order valence-electron chi connectivity index (χ2n) is 3.96. The summed E-state index contributed by atoms with van der Waals surface area (Å²) in [4.78, 5) is 0.0246. The van der Waals surface area contributed by atoms with Crippen molar-refractivity contribution in [1.82, 2.24) is 0 Å². The summed E-state index contributed by atoms with van der Waals surface area (Å²) in [5, 5.41) is 9.03. The van der Waals surface area contributed by atoms with Gasteiger partial charge in [0, 0.05) is 4.47 Å². The van der Waals surface area contributed by atoms with E-state index in [0.29, 0.717) is 10.0 Å². The van der Waals surface area contributed by atoms with Gasteiger partial charge in [0.15, 0.2) is 0 Å². The minimum absolute atomic E-state index is 0.0246. The first-order valence-electron chi connectivity index (χ1n) is 5.51. The molecule has 0 aliphatic heterocycles. The van der Waals surface area contributed by atoms with Gasteiger partial charge in [0.05, 0.1) is 32.3 Å². The summed E-state index contributed by atoms with van der Waals surface area (Å²) in [6.07, 6.45) is 0. The molecule has 0 radical (unpaired) electrons. The lowest BCUT2D eigenvalue weighted by Crippen LogP contribution is -2.13. The average molecular weight is 406 g/mol. The molecule has 0 atom stereocenters. The largest absolute Gasteiger partial charge is 0.278 e. The van der Waals surface area contributed by atoms with Crippen LogP contribution < -0.4 is 4.72 Å². The van der Waals surface area contributed by atoms with E-state index >= 15 is 0 Å². The van der Waals surface area contributed by atoms with Gasteiger partial charge in [-0.3, -0.25) is 4.72 Å². The van der Waals surface area contributed by atoms with Gasteiger partial charge in [-0.2, -0.15) is 5.26 Å². The monoisotopic (exact) mass is 404 g/mol. The quantitative estimate of drug-likeness (QED) is 0.767. The smallest absolute Gasteiger partial charge is 0.261 e. The molecule has 21 heavy (non-hydrogen) atoms. The third kappa shape index (κ3) is 3.50. The molecule has 1 N–H and O–H groups in total. The van der Waals surface area contributed by atoms with Crippen molar-refractivity contribution in [3.8, 4) is 6.07 Å². The normalized spacial score (nSPS) is 11.0. The zero-order valence-corrected chi connectivity index (χ0v) is 14.2. The predicted molar refractivity (Wildman–Crippen MR) is 86.1 cm³/mol. The van der Waals surface area contributed by atoms with E-state index in [0.717, 1.165) is 0 Å². The van der Waals surface area contributed by atoms with Crippen LogP contribution in [0.3, 0.4) is 0 Å². The van der Waals surface area contributed by atoms with Gasteiger partial charge in [-0.05, 0) is 52.3 Å². The van der Waals surface area contributed by atoms with Crippen LogP contribution >= 0.6 is 39.1 Å². The third-order valence-electron chi connectivity index (χ3n) is 2.57. The fourth-order valence-electron chi connectivity index (χ4n) is 1.52. The summed E-state index contributed by atoms with van der Waals surface area (Å²) in [7, 11) is -3.81. The number of nitrogens with one attached hydrogen (secondary N) is 1. The Morgan fingerprint density at radius 2 is 1.67 bits per heavy atom. The highest BCUT2D eigenvalue weighted by Crippen LogP contribution is 2.36. The van der Waals surface area contributed by atoms with Gasteiger partial charge in [-0.25, -0.2) is 8.42 Å². The molecule has 0 aliphatic carbocycles. The number of hydrogen-bond donors (Lipinski definition) is 1. The molecule has 108 valence electrons. The van der Waals surface area contributed by atoms with Crippen LogP contribution in [0.2, 0.25) is 10.0 Å². The number of anilines is 1. The van der Waals surface area contributed by atoms with Crippen LogP contribution in [0.1, 0.15) is 5.56 Å². The second kappa shape index (κ2) is 6.24. The Bertz CT molecular complexity index is 830. The first-order valence-corrected chi connectivity index (χ1v) is 8.55. The highest BCUT2D eigenvalue weighted by molar-refractivity contribution is 9.10. The Balaban J connectivity index is 2.38. The fourth-order valence-corrected chi connectivity index (χ4v) is 3.47. The Morgan fingerprint density at radius 1 is 1.05 bits per heavy atom. The van der Waals surface area contributed by atoms with Crippen molar-refractivity contribution in [2.45, 2.75) is 4.90 Å². The number of nitrogens with zero attached hydrogens (tertiary/aromatic N) is 1. The Kier molecular flexibility index (Phi) is 4.79. The van der Waals surface area contributed by atoms with Gasteiger partial charge in [0.25, 0.3) is 10.0 Å². The highest BCUT2D eigenvalue weighted by atomic mass is 79.9. The van der Waals surface area contributed by atoms with Crippen molar-refractivity contribution in [3.63, 3.8) is 0 Å². The van der Waals surface area contributed by atoms with E-state index in [1.807, 2.05) is 6.07 Å². The van der Waals surface area contributed by atoms with Crippen LogP contribution in [0.25, 0.3) is 0 Å². The van der Waals surface area contributed by atoms with E-state index in [-0.39, 0.29) is 20.6 Å². The molecule has 4 nitrogen and oxygen atoms in total. The van der Waals surface area contributed by atoms with Crippen LogP contribution in [-0.2, 0) is 10.0 Å². The lowest BCUT2D eigenvalue weighted by Gasteiger charge is -2.11. The molecular formula is C13H7BrCl2N2O2S. The van der Waals surface area contributed by atoms with Crippen molar-refractivity contribution in [1.29, 1.82) is 5.26 Å². The minimum Gasteiger partial charge on any atom is -0.278 e. The molecule has 0 unspecified atom stereocenters. The van der Waals surface area contributed by atoms with Gasteiger partial charge in [-0.15, -0.1) is 0 Å². The van der Waals surface area contributed by atoms with Gasteiger partial charge in [-0.1, -0.05) is 23.2 Å². The Labute approximate surface area is 140 Å². The molecular weight excluding hydrogens is 399 g/mol. The molecule has 8 heteroatoms. The second-order valence-corrected chi connectivity index (χ2v) is 7.26. The van der Waals surface area contributed by atoms with E-state index < -0.39 is 10.0 Å². The molecule has 0 amide bonds. The number of rotatable bonds is 3. The molecule has 2 rings (SSSR count). The van der Waals surface area contributed by atoms with Crippen LogP contribution in [0, 0.1) is 11.3 Å². The minimum atomic E-state index is -3.81. The summed E-state index contributed by atoms with van der Waals surface area (Å²) in [6, 6.07) is 10.5. The maximum Gasteiger partial charge on any atom is 0.261 e. The van der Waals surface area contributed by atoms with Gasteiger partial charge < -0.3 is 0 Å². The SMILES string of the molecule is N#Cc1ccc(S(=O)(=O)Nc2ccc(Br)c(Cl)c2Cl)cc1. The first-order chi connectivity index (χ1) is 9.85. The molecule has 0 heterocycles. The molecule has 0 aliphatic rings. The zero-order valence-electron chi connectivity index (χ0n) is 10.3. The zero-order chi connectivity index (χ0) is 15.6. The van der Waals surface area contributed by atoms with E-state index in [2.05, 4.69) is 20.7 Å². The lowest BCUT2D eigenvalue weighted by atomic mass is 10.2. The third-order valence-corrected chi connectivity index (χ3v) is 5.73. The van der Waals surface area contributed by atoms with Crippen LogP contribution in [0.15, 0.2) is 45.8 Å². The number of halogens is 3. The van der Waals surface area contributed by atoms with Crippen molar-refractivity contribution in [2.24, 2.45) is 0 Å². The molecule has 2 aromatic carbocycles. The van der Waals surface area contributed by atoms with Crippen molar-refractivity contribution < 1.29 is 8.42 Å². The van der Waals surface area contributed by atoms with E-state index in [1.54, 1.807) is 6.07 Å². The van der Waals surface area contributed by atoms with Crippen molar-refractivity contribution in [2.75, 3.05) is 4.72 Å². The number of hydrogen-bond acceptors (Lipinski definition) is 3. The van der Waals surface area contributed by atoms with Gasteiger partial charge in [0.2, 0.25) is 0 Å². The van der Waals surface area contributed by atoms with Crippen LogP contribution in [0.5, 0.6) is 0 Å². The molecule has 0 fully saturated rings. The summed E-state index contributed by atoms with van der Waals surface area (Å²) in [5.41, 5.74) is 0.549. The van der Waals surface area contributed by atoms with E-state index in [9.17, 15) is 8.42 Å². The predicted octanol–water partition coefficient (Wildman–Crippen LogP) is 4.43. The van der Waals surface area contributed by atoms with E-state index in [1.165, 1.54) is 30.3 Å². The molecule has 0 spiro atoms. The first kappa shape index (κ1) is 16.1. The lowest BCUT2D eigenvalue weighted by molar-refractivity contribution is 0.601. The maximum absolute atomic E-state index is 12.2. The molecule has 0 saturated heterocycles. The van der Waals surface area contributed by atoms with Crippen molar-refractivity contribution in [3.05, 3.63) is 56.5 Å². The highest BCUT2D eigenvalue weighted by Gasteiger charge is 2.17. The maximum atomic E-state index is 12.2. The number of sulfonamides is 1. The Hall–Kier alpha value is -1.26. The molecule has 0 saturated carbocycles.